The average Bonchev–Trinajstić information content (AvgIpc) is 2.47. The third-order valence-electron chi connectivity index (χ3n) is 1.51. The molecular formula is C8H12N2O2. The van der Waals surface area contributed by atoms with Crippen LogP contribution in [0.5, 0.6) is 0 Å². The summed E-state index contributed by atoms with van der Waals surface area (Å²) in [5.41, 5.74) is 5.99. The van der Waals surface area contributed by atoms with Crippen LogP contribution in [0, 0.1) is 6.92 Å². The fraction of sp³-hybridized carbons (Fsp3) is 0.500. The van der Waals surface area contributed by atoms with Crippen LogP contribution in [-0.4, -0.2) is 17.5 Å². The highest BCUT2D eigenvalue weighted by molar-refractivity contribution is 5.93. The molecule has 2 N–H and O–H groups in total. The van der Waals surface area contributed by atoms with Crippen LogP contribution in [0.2, 0.25) is 0 Å². The van der Waals surface area contributed by atoms with Crippen molar-refractivity contribution in [3.8, 4) is 0 Å². The number of nitrogens with zero attached hydrogens (tertiary/aromatic N) is 1. The summed E-state index contributed by atoms with van der Waals surface area (Å²) in [6, 6.07) is 1.64. The standard InChI is InChI=1S/C8H12N2O2/c1-6-5-8(12-10-6)7(11)3-2-4-9/h5H,2-4,9H2,1H3. The molecule has 0 atom stereocenters. The lowest BCUT2D eigenvalue weighted by Gasteiger charge is -1.92. The van der Waals surface area contributed by atoms with Crippen molar-refractivity contribution in [2.75, 3.05) is 6.54 Å². The van der Waals surface area contributed by atoms with E-state index in [0.717, 1.165) is 5.69 Å². The average molecular weight is 168 g/mol. The predicted molar refractivity (Wildman–Crippen MR) is 43.9 cm³/mol. The number of aromatic nitrogens is 1. The third-order valence-corrected chi connectivity index (χ3v) is 1.51. The van der Waals surface area contributed by atoms with Crippen molar-refractivity contribution in [2.24, 2.45) is 5.73 Å². The lowest BCUT2D eigenvalue weighted by molar-refractivity contribution is 0.0945. The number of carbonyl (C=O) groups is 1. The van der Waals surface area contributed by atoms with E-state index in [-0.39, 0.29) is 5.78 Å². The minimum atomic E-state index is -0.0268. The van der Waals surface area contributed by atoms with Crippen LogP contribution in [0.25, 0.3) is 0 Å². The molecule has 0 saturated carbocycles. The molecule has 0 radical (unpaired) electrons. The Morgan fingerprint density at radius 2 is 2.50 bits per heavy atom. The normalized spacial score (nSPS) is 10.2. The molecule has 1 aromatic rings. The Kier molecular flexibility index (Phi) is 2.99. The molecule has 0 fully saturated rings. The van der Waals surface area contributed by atoms with Gasteiger partial charge in [-0.05, 0) is 19.9 Å². The van der Waals surface area contributed by atoms with E-state index < -0.39 is 0 Å². The monoisotopic (exact) mass is 168 g/mol. The summed E-state index contributed by atoms with van der Waals surface area (Å²) in [6.45, 7) is 2.31. The lowest BCUT2D eigenvalue weighted by atomic mass is 10.2. The summed E-state index contributed by atoms with van der Waals surface area (Å²) in [5, 5.41) is 3.62. The topological polar surface area (TPSA) is 69.1 Å². The molecule has 0 unspecified atom stereocenters. The van der Waals surface area contributed by atoms with Crippen LogP contribution in [0.1, 0.15) is 29.1 Å². The fourth-order valence-electron chi connectivity index (χ4n) is 0.881. The van der Waals surface area contributed by atoms with Crippen molar-refractivity contribution in [1.82, 2.24) is 5.16 Å². The Bertz CT molecular complexity index is 268. The van der Waals surface area contributed by atoms with Gasteiger partial charge >= 0.3 is 0 Å². The zero-order chi connectivity index (χ0) is 8.97. The Hall–Kier alpha value is -1.16. The highest BCUT2D eigenvalue weighted by Gasteiger charge is 2.09. The van der Waals surface area contributed by atoms with E-state index in [1.165, 1.54) is 0 Å². The second kappa shape index (κ2) is 4.01. The summed E-state index contributed by atoms with van der Waals surface area (Å²) >= 11 is 0. The van der Waals surface area contributed by atoms with E-state index in [0.29, 0.717) is 25.1 Å². The highest BCUT2D eigenvalue weighted by atomic mass is 16.5. The predicted octanol–water partition coefficient (Wildman–Crippen LogP) is 0.905. The minimum absolute atomic E-state index is 0.0268. The van der Waals surface area contributed by atoms with Crippen molar-refractivity contribution in [3.63, 3.8) is 0 Å². The summed E-state index contributed by atoms with van der Waals surface area (Å²) < 4.78 is 4.78. The van der Waals surface area contributed by atoms with Crippen molar-refractivity contribution >= 4 is 5.78 Å². The molecule has 0 aromatic carbocycles. The molecule has 12 heavy (non-hydrogen) atoms. The maximum atomic E-state index is 11.2. The molecule has 0 aliphatic rings. The van der Waals surface area contributed by atoms with Crippen LogP contribution in [0.4, 0.5) is 0 Å². The second-order valence-corrected chi connectivity index (χ2v) is 2.65. The highest BCUT2D eigenvalue weighted by Crippen LogP contribution is 2.06. The first-order valence-electron chi connectivity index (χ1n) is 3.90. The molecular weight excluding hydrogens is 156 g/mol. The van der Waals surface area contributed by atoms with Gasteiger partial charge in [0.05, 0.1) is 5.69 Å². The quantitative estimate of drug-likeness (QED) is 0.678. The Morgan fingerprint density at radius 3 is 3.00 bits per heavy atom. The van der Waals surface area contributed by atoms with Gasteiger partial charge in [0.15, 0.2) is 0 Å². The van der Waals surface area contributed by atoms with Gasteiger partial charge in [0.25, 0.3) is 0 Å². The van der Waals surface area contributed by atoms with E-state index in [4.69, 9.17) is 10.3 Å². The molecule has 1 aromatic heterocycles. The SMILES string of the molecule is Cc1cc(C(=O)CCCN)on1. The van der Waals surface area contributed by atoms with E-state index in [9.17, 15) is 4.79 Å². The van der Waals surface area contributed by atoms with Gasteiger partial charge in [-0.2, -0.15) is 0 Å². The molecule has 4 heteroatoms. The first-order valence-corrected chi connectivity index (χ1v) is 3.90. The number of hydrogen-bond acceptors (Lipinski definition) is 4. The molecule has 1 rings (SSSR count). The maximum absolute atomic E-state index is 11.2. The second-order valence-electron chi connectivity index (χ2n) is 2.65. The third kappa shape index (κ3) is 2.17. The Balaban J connectivity index is 2.53. The van der Waals surface area contributed by atoms with Crippen molar-refractivity contribution in [2.45, 2.75) is 19.8 Å². The van der Waals surface area contributed by atoms with Crippen LogP contribution in [-0.2, 0) is 0 Å². The number of aryl methyl sites for hydroxylation is 1. The van der Waals surface area contributed by atoms with Gasteiger partial charge in [-0.3, -0.25) is 4.79 Å². The van der Waals surface area contributed by atoms with Crippen molar-refractivity contribution in [3.05, 3.63) is 17.5 Å². The van der Waals surface area contributed by atoms with Crippen LogP contribution in [0.3, 0.4) is 0 Å². The van der Waals surface area contributed by atoms with Crippen LogP contribution < -0.4 is 5.73 Å². The first-order chi connectivity index (χ1) is 5.74. The van der Waals surface area contributed by atoms with Gasteiger partial charge < -0.3 is 10.3 Å². The number of rotatable bonds is 4. The summed E-state index contributed by atoms with van der Waals surface area (Å²) in [7, 11) is 0. The molecule has 4 nitrogen and oxygen atoms in total. The van der Waals surface area contributed by atoms with Gasteiger partial charge in [0.1, 0.15) is 0 Å². The van der Waals surface area contributed by atoms with Crippen LogP contribution >= 0.6 is 0 Å². The molecule has 0 aliphatic carbocycles. The first kappa shape index (κ1) is 8.93. The van der Waals surface area contributed by atoms with E-state index in [1.807, 2.05) is 0 Å². The van der Waals surface area contributed by atoms with E-state index >= 15 is 0 Å². The molecule has 0 spiro atoms. The van der Waals surface area contributed by atoms with Crippen molar-refractivity contribution in [1.29, 1.82) is 0 Å². The lowest BCUT2D eigenvalue weighted by Crippen LogP contribution is -2.03. The largest absolute Gasteiger partial charge is 0.353 e. The molecule has 1 heterocycles. The number of nitrogens with two attached hydrogens (primary N) is 1. The number of carbonyl (C=O) groups excluding carboxylic acids is 1. The summed E-state index contributed by atoms with van der Waals surface area (Å²) in [4.78, 5) is 11.2. The summed E-state index contributed by atoms with van der Waals surface area (Å²) in [6.07, 6.45) is 1.13. The molecule has 0 saturated heterocycles. The maximum Gasteiger partial charge on any atom is 0.202 e. The smallest absolute Gasteiger partial charge is 0.202 e. The minimum Gasteiger partial charge on any atom is -0.353 e. The molecule has 66 valence electrons. The Morgan fingerprint density at radius 1 is 1.75 bits per heavy atom. The fourth-order valence-corrected chi connectivity index (χ4v) is 0.881. The number of ketones is 1. The zero-order valence-electron chi connectivity index (χ0n) is 7.04. The van der Waals surface area contributed by atoms with Gasteiger partial charge in [0, 0.05) is 12.5 Å². The molecule has 0 bridgehead atoms. The van der Waals surface area contributed by atoms with Gasteiger partial charge in [-0.15, -0.1) is 0 Å². The Labute approximate surface area is 70.7 Å². The van der Waals surface area contributed by atoms with E-state index in [1.54, 1.807) is 13.0 Å². The van der Waals surface area contributed by atoms with E-state index in [2.05, 4.69) is 5.16 Å². The summed E-state index contributed by atoms with van der Waals surface area (Å²) in [5.74, 6) is 0.307. The number of hydrogen-bond donors (Lipinski definition) is 1. The van der Waals surface area contributed by atoms with Crippen molar-refractivity contribution < 1.29 is 9.32 Å². The van der Waals surface area contributed by atoms with Gasteiger partial charge in [-0.1, -0.05) is 5.16 Å². The molecule has 0 aliphatic heterocycles. The number of Topliss-reactive ketones (excluding diaryl/α,β-unsaturated/α-hetero) is 1. The van der Waals surface area contributed by atoms with Gasteiger partial charge in [0.2, 0.25) is 11.5 Å². The zero-order valence-corrected chi connectivity index (χ0v) is 7.04. The molecule has 0 amide bonds. The van der Waals surface area contributed by atoms with Crippen LogP contribution in [0.15, 0.2) is 10.6 Å². The van der Waals surface area contributed by atoms with Gasteiger partial charge in [-0.25, -0.2) is 0 Å².